The summed E-state index contributed by atoms with van der Waals surface area (Å²) in [6, 6.07) is 0.0701. The fraction of sp³-hybridized carbons (Fsp3) is 0.500. The van der Waals surface area contributed by atoms with Crippen molar-refractivity contribution in [1.29, 1.82) is 0 Å². The fourth-order valence-electron chi connectivity index (χ4n) is 2.17. The Kier molecular flexibility index (Phi) is 4.73. The molecule has 1 unspecified atom stereocenters. The summed E-state index contributed by atoms with van der Waals surface area (Å²) in [5.41, 5.74) is 3.78. The van der Waals surface area contributed by atoms with Gasteiger partial charge >= 0.3 is 0 Å². The number of nitrogens with one attached hydrogen (secondary N) is 1. The molecule has 1 N–H and O–H groups in total. The molecule has 0 aliphatic carbocycles. The monoisotopic (exact) mass is 293 g/mol. The van der Waals surface area contributed by atoms with Crippen LogP contribution in [0.2, 0.25) is 5.02 Å². The number of nitrogens with zero attached hydrogens (tertiary/aromatic N) is 4. The second-order valence-electron chi connectivity index (χ2n) is 4.81. The van der Waals surface area contributed by atoms with E-state index in [0.717, 1.165) is 40.6 Å². The van der Waals surface area contributed by atoms with Crippen molar-refractivity contribution < 1.29 is 0 Å². The number of aryl methyl sites for hydroxylation is 3. The van der Waals surface area contributed by atoms with Gasteiger partial charge in [0.1, 0.15) is 0 Å². The maximum absolute atomic E-state index is 6.40. The summed E-state index contributed by atoms with van der Waals surface area (Å²) in [7, 11) is 3.84. The number of likely N-dealkylation sites (N-methyl/N-ethyl adjacent to an activating group) is 1. The minimum Gasteiger partial charge on any atom is -0.311 e. The zero-order valence-electron chi connectivity index (χ0n) is 12.3. The molecule has 2 aromatic heterocycles. The van der Waals surface area contributed by atoms with E-state index in [1.807, 2.05) is 31.9 Å². The Labute approximate surface area is 124 Å². The van der Waals surface area contributed by atoms with Crippen molar-refractivity contribution in [2.75, 3.05) is 7.05 Å². The molecule has 108 valence electrons. The molecule has 6 heteroatoms. The Balaban J connectivity index is 2.26. The van der Waals surface area contributed by atoms with Gasteiger partial charge in [-0.05, 0) is 20.4 Å². The minimum atomic E-state index is 0.0701. The van der Waals surface area contributed by atoms with E-state index < -0.39 is 0 Å². The molecule has 0 spiro atoms. The zero-order chi connectivity index (χ0) is 14.7. The first-order valence-corrected chi connectivity index (χ1v) is 7.10. The molecule has 0 amide bonds. The van der Waals surface area contributed by atoms with E-state index in [1.54, 1.807) is 6.20 Å². The van der Waals surface area contributed by atoms with Crippen molar-refractivity contribution >= 4 is 11.6 Å². The standard InChI is InChI=1S/C14H20ClN5/c1-5-10-14(15)13(20(4)19-10)6-11(16-3)12-8-17-9(2)7-18-12/h7-8,11,16H,5-6H2,1-4H3. The molecule has 2 rings (SSSR count). The van der Waals surface area contributed by atoms with Gasteiger partial charge in [-0.2, -0.15) is 5.10 Å². The van der Waals surface area contributed by atoms with Gasteiger partial charge in [0, 0.05) is 19.7 Å². The van der Waals surface area contributed by atoms with Gasteiger partial charge in [-0.25, -0.2) is 0 Å². The van der Waals surface area contributed by atoms with E-state index in [4.69, 9.17) is 11.6 Å². The highest BCUT2D eigenvalue weighted by Crippen LogP contribution is 2.25. The van der Waals surface area contributed by atoms with Gasteiger partial charge in [0.05, 0.1) is 40.0 Å². The first kappa shape index (κ1) is 14.9. The van der Waals surface area contributed by atoms with Gasteiger partial charge in [0.25, 0.3) is 0 Å². The highest BCUT2D eigenvalue weighted by Gasteiger charge is 2.19. The van der Waals surface area contributed by atoms with Crippen molar-refractivity contribution in [3.8, 4) is 0 Å². The van der Waals surface area contributed by atoms with Gasteiger partial charge < -0.3 is 5.32 Å². The Morgan fingerprint density at radius 1 is 1.35 bits per heavy atom. The van der Waals surface area contributed by atoms with Crippen LogP contribution in [0, 0.1) is 6.92 Å². The summed E-state index contributed by atoms with van der Waals surface area (Å²) in [6.07, 6.45) is 5.15. The van der Waals surface area contributed by atoms with Crippen LogP contribution >= 0.6 is 11.6 Å². The largest absolute Gasteiger partial charge is 0.311 e. The summed E-state index contributed by atoms with van der Waals surface area (Å²) in [5, 5.41) is 8.47. The van der Waals surface area contributed by atoms with Gasteiger partial charge in [-0.3, -0.25) is 14.6 Å². The lowest BCUT2D eigenvalue weighted by Crippen LogP contribution is -2.21. The molecular weight excluding hydrogens is 274 g/mol. The van der Waals surface area contributed by atoms with Crippen molar-refractivity contribution in [2.24, 2.45) is 7.05 Å². The quantitative estimate of drug-likeness (QED) is 0.918. The van der Waals surface area contributed by atoms with Crippen LogP contribution in [0.5, 0.6) is 0 Å². The Morgan fingerprint density at radius 3 is 2.60 bits per heavy atom. The molecule has 0 bridgehead atoms. The average Bonchev–Trinajstić information content (AvgIpc) is 2.72. The summed E-state index contributed by atoms with van der Waals surface area (Å²) < 4.78 is 1.85. The molecular formula is C14H20ClN5. The first-order chi connectivity index (χ1) is 9.56. The molecule has 2 heterocycles. The number of hydrogen-bond acceptors (Lipinski definition) is 4. The topological polar surface area (TPSA) is 55.6 Å². The molecule has 0 aliphatic rings. The molecule has 0 radical (unpaired) electrons. The predicted octanol–water partition coefficient (Wildman–Crippen LogP) is 2.24. The van der Waals surface area contributed by atoms with E-state index in [-0.39, 0.29) is 6.04 Å². The van der Waals surface area contributed by atoms with Crippen LogP contribution in [0.4, 0.5) is 0 Å². The summed E-state index contributed by atoms with van der Waals surface area (Å²) >= 11 is 6.40. The molecule has 0 aliphatic heterocycles. The molecule has 5 nitrogen and oxygen atoms in total. The van der Waals surface area contributed by atoms with Crippen LogP contribution in [-0.4, -0.2) is 26.8 Å². The van der Waals surface area contributed by atoms with Crippen LogP contribution in [0.25, 0.3) is 0 Å². The molecule has 0 saturated carbocycles. The van der Waals surface area contributed by atoms with Gasteiger partial charge in [0.15, 0.2) is 0 Å². The summed E-state index contributed by atoms with van der Waals surface area (Å²) in [5.74, 6) is 0. The van der Waals surface area contributed by atoms with Crippen LogP contribution < -0.4 is 5.32 Å². The maximum Gasteiger partial charge on any atom is 0.0850 e. The smallest absolute Gasteiger partial charge is 0.0850 e. The SMILES string of the molecule is CCc1nn(C)c(CC(NC)c2cnc(C)cn2)c1Cl. The predicted molar refractivity (Wildman–Crippen MR) is 79.9 cm³/mol. The lowest BCUT2D eigenvalue weighted by molar-refractivity contribution is 0.546. The molecule has 0 fully saturated rings. The van der Waals surface area contributed by atoms with Gasteiger partial charge in [0.2, 0.25) is 0 Å². The molecule has 1 atom stereocenters. The van der Waals surface area contributed by atoms with Gasteiger partial charge in [-0.1, -0.05) is 18.5 Å². The second kappa shape index (κ2) is 6.33. The summed E-state index contributed by atoms with van der Waals surface area (Å²) in [6.45, 7) is 3.98. The van der Waals surface area contributed by atoms with Crippen molar-refractivity contribution in [3.05, 3.63) is 40.2 Å². The van der Waals surface area contributed by atoms with Crippen LogP contribution in [-0.2, 0) is 19.9 Å². The number of aromatic nitrogens is 4. The van der Waals surface area contributed by atoms with Crippen molar-refractivity contribution in [2.45, 2.75) is 32.7 Å². The van der Waals surface area contributed by atoms with E-state index in [0.29, 0.717) is 0 Å². The van der Waals surface area contributed by atoms with Crippen molar-refractivity contribution in [3.63, 3.8) is 0 Å². The second-order valence-corrected chi connectivity index (χ2v) is 5.19. The highest BCUT2D eigenvalue weighted by molar-refractivity contribution is 6.31. The molecule has 2 aromatic rings. The number of halogens is 1. The van der Waals surface area contributed by atoms with Crippen LogP contribution in [0.3, 0.4) is 0 Å². The lowest BCUT2D eigenvalue weighted by atomic mass is 10.1. The minimum absolute atomic E-state index is 0.0701. The third kappa shape index (κ3) is 2.99. The normalized spacial score (nSPS) is 12.7. The van der Waals surface area contributed by atoms with Crippen LogP contribution in [0.1, 0.15) is 35.7 Å². The molecule has 20 heavy (non-hydrogen) atoms. The van der Waals surface area contributed by atoms with Crippen molar-refractivity contribution in [1.82, 2.24) is 25.1 Å². The lowest BCUT2D eigenvalue weighted by Gasteiger charge is -2.15. The Hall–Kier alpha value is -1.46. The number of hydrogen-bond donors (Lipinski definition) is 1. The third-order valence-electron chi connectivity index (χ3n) is 3.41. The highest BCUT2D eigenvalue weighted by atomic mass is 35.5. The molecule has 0 saturated heterocycles. The van der Waals surface area contributed by atoms with E-state index in [1.165, 1.54) is 0 Å². The zero-order valence-corrected chi connectivity index (χ0v) is 13.1. The van der Waals surface area contributed by atoms with E-state index >= 15 is 0 Å². The van der Waals surface area contributed by atoms with E-state index in [2.05, 4.69) is 27.3 Å². The maximum atomic E-state index is 6.40. The van der Waals surface area contributed by atoms with Crippen LogP contribution in [0.15, 0.2) is 12.4 Å². The average molecular weight is 294 g/mol. The first-order valence-electron chi connectivity index (χ1n) is 6.72. The molecule has 0 aromatic carbocycles. The van der Waals surface area contributed by atoms with E-state index in [9.17, 15) is 0 Å². The third-order valence-corrected chi connectivity index (χ3v) is 3.84. The fourth-order valence-corrected chi connectivity index (χ4v) is 2.54. The summed E-state index contributed by atoms with van der Waals surface area (Å²) in [4.78, 5) is 8.73. The van der Waals surface area contributed by atoms with Gasteiger partial charge in [-0.15, -0.1) is 0 Å². The Bertz CT molecular complexity index is 576. The number of rotatable bonds is 5. The Morgan fingerprint density at radius 2 is 2.10 bits per heavy atom.